The van der Waals surface area contributed by atoms with Crippen molar-refractivity contribution >= 4 is 17.4 Å². The number of hydrogen-bond donors (Lipinski definition) is 0. The molecule has 0 aliphatic heterocycles. The highest BCUT2D eigenvalue weighted by Gasteiger charge is 1.97. The molecule has 3 nitrogen and oxygen atoms in total. The van der Waals surface area contributed by atoms with E-state index < -0.39 is 0 Å². The Kier molecular flexibility index (Phi) is 1.32. The molecule has 0 aliphatic carbocycles. The van der Waals surface area contributed by atoms with Crippen molar-refractivity contribution in [2.45, 2.75) is 6.92 Å². The summed E-state index contributed by atoms with van der Waals surface area (Å²) in [6.45, 7) is 1.92. The third-order valence-corrected chi connectivity index (χ3v) is 1.59. The van der Waals surface area contributed by atoms with Gasteiger partial charge in [0, 0.05) is 12.4 Å². The quantitative estimate of drug-likeness (QED) is 0.598. The van der Waals surface area contributed by atoms with E-state index in [1.807, 2.05) is 13.1 Å². The van der Waals surface area contributed by atoms with E-state index in [9.17, 15) is 0 Å². The Bertz CT molecular complexity index is 393. The fraction of sp³-hybridized carbons (Fsp3) is 0.143. The predicted molar refractivity (Wildman–Crippen MR) is 42.7 cm³/mol. The van der Waals surface area contributed by atoms with Gasteiger partial charge in [-0.1, -0.05) is 11.6 Å². The number of imidazole rings is 1. The van der Waals surface area contributed by atoms with E-state index in [0.717, 1.165) is 5.69 Å². The molecule has 2 aromatic heterocycles. The zero-order chi connectivity index (χ0) is 7.84. The molecule has 2 aromatic rings. The minimum Gasteiger partial charge on any atom is -0.289 e. The monoisotopic (exact) mass is 167 g/mol. The third-order valence-electron chi connectivity index (χ3n) is 1.40. The molecule has 0 spiro atoms. The summed E-state index contributed by atoms with van der Waals surface area (Å²) < 4.78 is 1.80. The smallest absolute Gasteiger partial charge is 0.233 e. The molecule has 0 bridgehead atoms. The molecule has 0 fully saturated rings. The molecule has 0 atom stereocenters. The topological polar surface area (TPSA) is 30.2 Å². The highest BCUT2D eigenvalue weighted by atomic mass is 35.5. The number of aryl methyl sites for hydroxylation is 1. The fourth-order valence-electron chi connectivity index (χ4n) is 0.979. The van der Waals surface area contributed by atoms with Crippen LogP contribution in [0.4, 0.5) is 0 Å². The molecule has 0 saturated carbocycles. The van der Waals surface area contributed by atoms with Crippen LogP contribution in [0, 0.1) is 6.92 Å². The lowest BCUT2D eigenvalue weighted by Crippen LogP contribution is -1.85. The highest BCUT2D eigenvalue weighted by Crippen LogP contribution is 2.07. The summed E-state index contributed by atoms with van der Waals surface area (Å²) in [5, 5.41) is 0.620. The second-order valence-electron chi connectivity index (χ2n) is 2.36. The van der Waals surface area contributed by atoms with Crippen LogP contribution in [0.15, 0.2) is 18.6 Å². The summed E-state index contributed by atoms with van der Waals surface area (Å²) in [5.41, 5.74) is 0.944. The van der Waals surface area contributed by atoms with Crippen LogP contribution in [0.25, 0.3) is 5.78 Å². The van der Waals surface area contributed by atoms with Gasteiger partial charge in [0.05, 0.1) is 16.9 Å². The third kappa shape index (κ3) is 1.07. The SMILES string of the molecule is Cc1cn2cc(Cl)cnc2n1. The van der Waals surface area contributed by atoms with Crippen LogP contribution >= 0.6 is 11.6 Å². The van der Waals surface area contributed by atoms with E-state index >= 15 is 0 Å². The Labute approximate surface area is 68.7 Å². The minimum absolute atomic E-state index is 0.620. The van der Waals surface area contributed by atoms with Gasteiger partial charge in [-0.3, -0.25) is 4.40 Å². The van der Waals surface area contributed by atoms with Crippen molar-refractivity contribution in [3.63, 3.8) is 0 Å². The highest BCUT2D eigenvalue weighted by molar-refractivity contribution is 6.30. The van der Waals surface area contributed by atoms with Gasteiger partial charge in [-0.25, -0.2) is 9.97 Å². The molecular weight excluding hydrogens is 162 g/mol. The first-order chi connectivity index (χ1) is 5.25. The first-order valence-corrected chi connectivity index (χ1v) is 3.60. The Hall–Kier alpha value is -1.09. The van der Waals surface area contributed by atoms with Crippen molar-refractivity contribution in [1.82, 2.24) is 14.4 Å². The van der Waals surface area contributed by atoms with E-state index in [1.165, 1.54) is 0 Å². The summed E-state index contributed by atoms with van der Waals surface area (Å²) in [7, 11) is 0. The maximum atomic E-state index is 5.72. The van der Waals surface area contributed by atoms with Gasteiger partial charge in [0.2, 0.25) is 5.78 Å². The first kappa shape index (κ1) is 6.61. The number of fused-ring (bicyclic) bond motifs is 1. The Morgan fingerprint density at radius 1 is 1.45 bits per heavy atom. The molecule has 0 amide bonds. The molecule has 0 aromatic carbocycles. The van der Waals surface area contributed by atoms with Crippen LogP contribution in [-0.4, -0.2) is 14.4 Å². The van der Waals surface area contributed by atoms with Crippen molar-refractivity contribution in [1.29, 1.82) is 0 Å². The van der Waals surface area contributed by atoms with Gasteiger partial charge in [-0.2, -0.15) is 0 Å². The van der Waals surface area contributed by atoms with E-state index in [4.69, 9.17) is 11.6 Å². The van der Waals surface area contributed by atoms with Crippen LogP contribution in [0.3, 0.4) is 0 Å². The maximum absolute atomic E-state index is 5.72. The first-order valence-electron chi connectivity index (χ1n) is 3.22. The average Bonchev–Trinajstić information content (AvgIpc) is 2.27. The van der Waals surface area contributed by atoms with Crippen molar-refractivity contribution in [2.75, 3.05) is 0 Å². The molecule has 2 heterocycles. The van der Waals surface area contributed by atoms with E-state index in [1.54, 1.807) is 16.8 Å². The molecule has 11 heavy (non-hydrogen) atoms. The largest absolute Gasteiger partial charge is 0.289 e. The van der Waals surface area contributed by atoms with Gasteiger partial charge in [-0.05, 0) is 6.92 Å². The van der Waals surface area contributed by atoms with E-state index in [0.29, 0.717) is 10.8 Å². The van der Waals surface area contributed by atoms with Crippen LogP contribution in [0.1, 0.15) is 5.69 Å². The summed E-state index contributed by atoms with van der Waals surface area (Å²) in [5.74, 6) is 0.687. The van der Waals surface area contributed by atoms with Gasteiger partial charge in [0.1, 0.15) is 0 Å². The number of halogens is 1. The Balaban J connectivity index is 2.82. The van der Waals surface area contributed by atoms with Crippen molar-refractivity contribution in [3.05, 3.63) is 29.3 Å². The van der Waals surface area contributed by atoms with E-state index in [-0.39, 0.29) is 0 Å². The molecule has 0 radical (unpaired) electrons. The van der Waals surface area contributed by atoms with Crippen molar-refractivity contribution < 1.29 is 0 Å². The molecular formula is C7H6ClN3. The minimum atomic E-state index is 0.620. The van der Waals surface area contributed by atoms with Gasteiger partial charge in [-0.15, -0.1) is 0 Å². The number of rotatable bonds is 0. The average molecular weight is 168 g/mol. The molecule has 56 valence electrons. The lowest BCUT2D eigenvalue weighted by atomic mass is 10.6. The summed E-state index contributed by atoms with van der Waals surface area (Å²) in [4.78, 5) is 8.17. The maximum Gasteiger partial charge on any atom is 0.233 e. The van der Waals surface area contributed by atoms with Crippen LogP contribution in [0.5, 0.6) is 0 Å². The molecule has 0 N–H and O–H groups in total. The van der Waals surface area contributed by atoms with E-state index in [2.05, 4.69) is 9.97 Å². The summed E-state index contributed by atoms with van der Waals surface area (Å²) >= 11 is 5.72. The van der Waals surface area contributed by atoms with Crippen molar-refractivity contribution in [2.24, 2.45) is 0 Å². The lowest BCUT2D eigenvalue weighted by Gasteiger charge is -1.90. The zero-order valence-corrected chi connectivity index (χ0v) is 6.71. The number of nitrogens with zero attached hydrogens (tertiary/aromatic N) is 3. The standard InChI is InChI=1S/C7H6ClN3/c1-5-3-11-4-6(8)2-9-7(11)10-5/h2-4H,1H3. The Morgan fingerprint density at radius 3 is 3.09 bits per heavy atom. The second-order valence-corrected chi connectivity index (χ2v) is 2.80. The number of aromatic nitrogens is 3. The molecule has 0 unspecified atom stereocenters. The second kappa shape index (κ2) is 2.20. The molecule has 0 aliphatic rings. The summed E-state index contributed by atoms with van der Waals surface area (Å²) in [6.07, 6.45) is 5.25. The van der Waals surface area contributed by atoms with Crippen molar-refractivity contribution in [3.8, 4) is 0 Å². The van der Waals surface area contributed by atoms with Gasteiger partial charge < -0.3 is 0 Å². The van der Waals surface area contributed by atoms with Gasteiger partial charge in [0.15, 0.2) is 0 Å². The number of hydrogen-bond acceptors (Lipinski definition) is 2. The summed E-state index contributed by atoms with van der Waals surface area (Å²) in [6, 6.07) is 0. The molecule has 4 heteroatoms. The van der Waals surface area contributed by atoms with Crippen LogP contribution < -0.4 is 0 Å². The molecule has 0 saturated heterocycles. The lowest BCUT2D eigenvalue weighted by molar-refractivity contribution is 1.11. The van der Waals surface area contributed by atoms with Gasteiger partial charge >= 0.3 is 0 Å². The zero-order valence-electron chi connectivity index (χ0n) is 5.95. The van der Waals surface area contributed by atoms with Crippen LogP contribution in [0.2, 0.25) is 5.02 Å². The van der Waals surface area contributed by atoms with Crippen LogP contribution in [-0.2, 0) is 0 Å². The Morgan fingerprint density at radius 2 is 2.27 bits per heavy atom. The molecule has 2 rings (SSSR count). The fourth-order valence-corrected chi connectivity index (χ4v) is 1.13. The van der Waals surface area contributed by atoms with Gasteiger partial charge in [0.25, 0.3) is 0 Å². The normalized spacial score (nSPS) is 10.7. The predicted octanol–water partition coefficient (Wildman–Crippen LogP) is 1.69.